The molecule has 4 rings (SSSR count). The number of ether oxygens (including phenoxy) is 1. The minimum Gasteiger partial charge on any atom is -0.383 e. The fourth-order valence-electron chi connectivity index (χ4n) is 3.99. The van der Waals surface area contributed by atoms with Gasteiger partial charge < -0.3 is 14.6 Å². The average molecular weight is 381 g/mol. The molecule has 1 amide bonds. The van der Waals surface area contributed by atoms with Gasteiger partial charge in [-0.1, -0.05) is 19.1 Å². The normalized spacial score (nSPS) is 16.3. The molecule has 1 unspecified atom stereocenters. The quantitative estimate of drug-likeness (QED) is 0.683. The van der Waals surface area contributed by atoms with E-state index in [0.29, 0.717) is 6.61 Å². The number of nitrogens with one attached hydrogen (secondary N) is 1. The molecule has 1 aliphatic carbocycles. The molecule has 1 N–H and O–H groups in total. The van der Waals surface area contributed by atoms with Crippen LogP contribution < -0.4 is 5.32 Å². The molecule has 1 atom stereocenters. The second-order valence-corrected chi connectivity index (χ2v) is 7.26. The molecule has 0 bridgehead atoms. The monoisotopic (exact) mass is 381 g/mol. The van der Waals surface area contributed by atoms with Crippen LogP contribution in [0, 0.1) is 0 Å². The summed E-state index contributed by atoms with van der Waals surface area (Å²) in [6.07, 6.45) is 5.87. The molecular weight excluding hydrogens is 354 g/mol. The Morgan fingerprint density at radius 2 is 2.21 bits per heavy atom. The molecule has 2 heterocycles. The molecule has 7 heteroatoms. The molecule has 0 fully saturated rings. The van der Waals surface area contributed by atoms with Gasteiger partial charge in [0.25, 0.3) is 0 Å². The molecule has 0 saturated carbocycles. The van der Waals surface area contributed by atoms with Crippen molar-refractivity contribution < 1.29 is 9.53 Å². The van der Waals surface area contributed by atoms with Crippen LogP contribution in [-0.4, -0.2) is 39.0 Å². The molecule has 1 aliphatic rings. The average Bonchev–Trinajstić information content (AvgIpc) is 3.28. The Kier molecular flexibility index (Phi) is 5.43. The number of aryl methyl sites for hydroxylation is 2. The number of hydrogen-bond donors (Lipinski definition) is 1. The van der Waals surface area contributed by atoms with Gasteiger partial charge >= 0.3 is 0 Å². The zero-order valence-electron chi connectivity index (χ0n) is 16.5. The van der Waals surface area contributed by atoms with Crippen LogP contribution in [0.5, 0.6) is 0 Å². The van der Waals surface area contributed by atoms with Crippen molar-refractivity contribution in [3.63, 3.8) is 0 Å². The summed E-state index contributed by atoms with van der Waals surface area (Å²) in [4.78, 5) is 17.5. The second-order valence-electron chi connectivity index (χ2n) is 7.26. The fourth-order valence-corrected chi connectivity index (χ4v) is 3.99. The highest BCUT2D eigenvalue weighted by molar-refractivity contribution is 5.81. The van der Waals surface area contributed by atoms with Crippen LogP contribution in [0.15, 0.2) is 30.5 Å². The van der Waals surface area contributed by atoms with Crippen LogP contribution in [0.4, 0.5) is 0 Å². The predicted octanol–water partition coefficient (Wildman–Crippen LogP) is 2.64. The third-order valence-corrected chi connectivity index (χ3v) is 5.35. The summed E-state index contributed by atoms with van der Waals surface area (Å²) in [5, 5.41) is 7.91. The number of carbonyl (C=O) groups excluding carboxylic acids is 1. The third kappa shape index (κ3) is 3.67. The summed E-state index contributed by atoms with van der Waals surface area (Å²) in [6, 6.07) is 7.94. The number of imidazole rings is 1. The maximum atomic E-state index is 12.9. The lowest BCUT2D eigenvalue weighted by Crippen LogP contribution is -2.34. The molecule has 7 nitrogen and oxygen atoms in total. The van der Waals surface area contributed by atoms with E-state index in [0.717, 1.165) is 54.8 Å². The van der Waals surface area contributed by atoms with E-state index in [4.69, 9.17) is 9.84 Å². The summed E-state index contributed by atoms with van der Waals surface area (Å²) in [7, 11) is 1.69. The highest BCUT2D eigenvalue weighted by Crippen LogP contribution is 2.28. The molecule has 0 radical (unpaired) electrons. The van der Waals surface area contributed by atoms with Crippen LogP contribution in [0.25, 0.3) is 11.0 Å². The van der Waals surface area contributed by atoms with E-state index in [1.54, 1.807) is 7.11 Å². The van der Waals surface area contributed by atoms with E-state index < -0.39 is 0 Å². The second kappa shape index (κ2) is 8.14. The van der Waals surface area contributed by atoms with Crippen LogP contribution in [0.3, 0.4) is 0 Å². The van der Waals surface area contributed by atoms with Crippen molar-refractivity contribution in [2.75, 3.05) is 13.7 Å². The van der Waals surface area contributed by atoms with Gasteiger partial charge in [-0.15, -0.1) is 0 Å². The first-order chi connectivity index (χ1) is 13.7. The Labute approximate surface area is 164 Å². The summed E-state index contributed by atoms with van der Waals surface area (Å²) in [6.45, 7) is 3.70. The Balaban J connectivity index is 1.50. The van der Waals surface area contributed by atoms with Gasteiger partial charge in [0.1, 0.15) is 12.4 Å². The standard InChI is InChI=1S/C21H27N5O2/c1-3-19-22-16-8-4-5-10-18(16)26(19)14-20(27)23-17-9-6-7-15-13-25(11-12-28-2)24-21(15)17/h4-5,8,10,13,17H,3,6-7,9,11-12,14H2,1-2H3,(H,23,27). The van der Waals surface area contributed by atoms with Gasteiger partial charge in [0, 0.05) is 19.7 Å². The van der Waals surface area contributed by atoms with Gasteiger partial charge in [-0.05, 0) is 37.0 Å². The number of hydrogen-bond acceptors (Lipinski definition) is 4. The zero-order valence-corrected chi connectivity index (χ0v) is 16.5. The van der Waals surface area contributed by atoms with E-state index >= 15 is 0 Å². The Morgan fingerprint density at radius 3 is 3.04 bits per heavy atom. The SMILES string of the molecule is CCc1nc2ccccc2n1CC(=O)NC1CCCc2cn(CCOC)nc21. The van der Waals surface area contributed by atoms with Crippen LogP contribution in [-0.2, 0) is 35.5 Å². The summed E-state index contributed by atoms with van der Waals surface area (Å²) >= 11 is 0. The van der Waals surface area contributed by atoms with Crippen molar-refractivity contribution in [2.24, 2.45) is 0 Å². The third-order valence-electron chi connectivity index (χ3n) is 5.35. The molecule has 0 spiro atoms. The maximum absolute atomic E-state index is 12.9. The van der Waals surface area contributed by atoms with Crippen LogP contribution >= 0.6 is 0 Å². The van der Waals surface area contributed by atoms with E-state index in [-0.39, 0.29) is 18.5 Å². The first-order valence-corrected chi connectivity index (χ1v) is 9.98. The predicted molar refractivity (Wildman–Crippen MR) is 107 cm³/mol. The number of carbonyl (C=O) groups is 1. The van der Waals surface area contributed by atoms with Crippen LogP contribution in [0.2, 0.25) is 0 Å². The number of para-hydroxylation sites is 2. The van der Waals surface area contributed by atoms with Crippen molar-refractivity contribution in [1.82, 2.24) is 24.6 Å². The van der Waals surface area contributed by atoms with Crippen molar-refractivity contribution in [1.29, 1.82) is 0 Å². The molecule has 28 heavy (non-hydrogen) atoms. The van der Waals surface area contributed by atoms with Gasteiger partial charge in [0.05, 0.1) is 35.9 Å². The van der Waals surface area contributed by atoms with E-state index in [1.165, 1.54) is 5.56 Å². The smallest absolute Gasteiger partial charge is 0.240 e. The largest absolute Gasteiger partial charge is 0.383 e. The summed E-state index contributed by atoms with van der Waals surface area (Å²) in [5.41, 5.74) is 4.17. The van der Waals surface area contributed by atoms with Crippen molar-refractivity contribution in [2.45, 2.75) is 51.7 Å². The lowest BCUT2D eigenvalue weighted by molar-refractivity contribution is -0.122. The number of fused-ring (bicyclic) bond motifs is 2. The number of rotatable bonds is 7. The minimum absolute atomic E-state index is 0.00199. The summed E-state index contributed by atoms with van der Waals surface area (Å²) < 4.78 is 9.09. The van der Waals surface area contributed by atoms with Gasteiger partial charge in [0.2, 0.25) is 5.91 Å². The minimum atomic E-state index is -0.0279. The number of aromatic nitrogens is 4. The molecule has 0 aliphatic heterocycles. The van der Waals surface area contributed by atoms with E-state index in [2.05, 4.69) is 23.4 Å². The van der Waals surface area contributed by atoms with Crippen molar-refractivity contribution in [3.05, 3.63) is 47.5 Å². The summed E-state index contributed by atoms with van der Waals surface area (Å²) in [5.74, 6) is 0.937. The molecule has 2 aromatic heterocycles. The zero-order chi connectivity index (χ0) is 19.5. The first-order valence-electron chi connectivity index (χ1n) is 9.98. The van der Waals surface area contributed by atoms with Gasteiger partial charge in [-0.2, -0.15) is 5.10 Å². The Bertz CT molecular complexity index is 974. The number of benzene rings is 1. The Morgan fingerprint density at radius 1 is 1.36 bits per heavy atom. The molecule has 0 saturated heterocycles. The van der Waals surface area contributed by atoms with E-state index in [9.17, 15) is 4.79 Å². The first kappa shape index (κ1) is 18.7. The highest BCUT2D eigenvalue weighted by Gasteiger charge is 2.25. The Hall–Kier alpha value is -2.67. The van der Waals surface area contributed by atoms with Crippen LogP contribution in [0.1, 0.15) is 42.9 Å². The lowest BCUT2D eigenvalue weighted by atomic mass is 9.94. The fraction of sp³-hybridized carbons (Fsp3) is 0.476. The maximum Gasteiger partial charge on any atom is 0.240 e. The van der Waals surface area contributed by atoms with Crippen molar-refractivity contribution in [3.8, 4) is 0 Å². The van der Waals surface area contributed by atoms with Gasteiger partial charge in [0.15, 0.2) is 0 Å². The van der Waals surface area contributed by atoms with Gasteiger partial charge in [-0.25, -0.2) is 4.98 Å². The number of methoxy groups -OCH3 is 1. The van der Waals surface area contributed by atoms with Gasteiger partial charge in [-0.3, -0.25) is 9.48 Å². The molecule has 3 aromatic rings. The molecular formula is C21H27N5O2. The molecule has 1 aromatic carbocycles. The topological polar surface area (TPSA) is 74.0 Å². The highest BCUT2D eigenvalue weighted by atomic mass is 16.5. The van der Waals surface area contributed by atoms with E-state index in [1.807, 2.05) is 33.5 Å². The number of amides is 1. The molecule has 148 valence electrons. The number of nitrogens with zero attached hydrogens (tertiary/aromatic N) is 4. The van der Waals surface area contributed by atoms with Crippen molar-refractivity contribution >= 4 is 16.9 Å². The lowest BCUT2D eigenvalue weighted by Gasteiger charge is -2.22.